The average Bonchev–Trinajstić information content (AvgIpc) is 2.06. The molecular formula is C8H7F5N2. The van der Waals surface area contributed by atoms with E-state index in [9.17, 15) is 22.0 Å². The summed E-state index contributed by atoms with van der Waals surface area (Å²) in [7, 11) is 0. The van der Waals surface area contributed by atoms with Gasteiger partial charge in [-0.1, -0.05) is 0 Å². The molecule has 0 atom stereocenters. The van der Waals surface area contributed by atoms with Gasteiger partial charge >= 0.3 is 6.18 Å². The third kappa shape index (κ3) is 2.34. The van der Waals surface area contributed by atoms with Gasteiger partial charge in [-0.3, -0.25) is 0 Å². The van der Waals surface area contributed by atoms with Crippen LogP contribution in [0.4, 0.5) is 27.8 Å². The second kappa shape index (κ2) is 3.63. The molecule has 84 valence electrons. The number of alkyl halides is 5. The SMILES string of the molecule is Cc1cc(C(F)F)c(N)nc1C(F)(F)F. The van der Waals surface area contributed by atoms with E-state index in [0.29, 0.717) is 6.07 Å². The number of pyridine rings is 1. The predicted octanol–water partition coefficient (Wildman–Crippen LogP) is 2.93. The van der Waals surface area contributed by atoms with Crippen LogP contribution in [-0.2, 0) is 6.18 Å². The van der Waals surface area contributed by atoms with Gasteiger partial charge in [0.25, 0.3) is 6.43 Å². The van der Waals surface area contributed by atoms with Gasteiger partial charge in [-0.2, -0.15) is 13.2 Å². The number of nitrogens with zero attached hydrogens (tertiary/aromatic N) is 1. The maximum atomic E-state index is 12.3. The van der Waals surface area contributed by atoms with Gasteiger partial charge in [-0.05, 0) is 18.6 Å². The van der Waals surface area contributed by atoms with Crippen molar-refractivity contribution in [2.45, 2.75) is 19.5 Å². The second-order valence-electron chi connectivity index (χ2n) is 2.93. The van der Waals surface area contributed by atoms with Gasteiger partial charge in [0.05, 0.1) is 5.56 Å². The Labute approximate surface area is 81.9 Å². The highest BCUT2D eigenvalue weighted by Crippen LogP contribution is 2.34. The molecule has 7 heteroatoms. The Morgan fingerprint density at radius 3 is 2.27 bits per heavy atom. The van der Waals surface area contributed by atoms with Gasteiger partial charge < -0.3 is 5.73 Å². The zero-order valence-electron chi connectivity index (χ0n) is 7.57. The summed E-state index contributed by atoms with van der Waals surface area (Å²) in [5.41, 5.74) is 2.72. The summed E-state index contributed by atoms with van der Waals surface area (Å²) >= 11 is 0. The maximum Gasteiger partial charge on any atom is 0.433 e. The fourth-order valence-electron chi connectivity index (χ4n) is 1.11. The third-order valence-electron chi connectivity index (χ3n) is 1.78. The number of halogens is 5. The molecule has 0 aromatic carbocycles. The van der Waals surface area contributed by atoms with Crippen molar-refractivity contribution in [3.05, 3.63) is 22.9 Å². The van der Waals surface area contributed by atoms with Gasteiger partial charge in [0, 0.05) is 0 Å². The van der Waals surface area contributed by atoms with E-state index < -0.39 is 29.7 Å². The molecule has 15 heavy (non-hydrogen) atoms. The first-order chi connectivity index (χ1) is 6.73. The van der Waals surface area contributed by atoms with Crippen molar-refractivity contribution in [3.63, 3.8) is 0 Å². The lowest BCUT2D eigenvalue weighted by Gasteiger charge is -2.12. The lowest BCUT2D eigenvalue weighted by molar-refractivity contribution is -0.141. The molecule has 1 rings (SSSR count). The number of aromatic nitrogens is 1. The van der Waals surface area contributed by atoms with E-state index in [1.54, 1.807) is 0 Å². The lowest BCUT2D eigenvalue weighted by atomic mass is 10.1. The van der Waals surface area contributed by atoms with Crippen molar-refractivity contribution in [1.82, 2.24) is 4.98 Å². The Morgan fingerprint density at radius 2 is 1.87 bits per heavy atom. The van der Waals surface area contributed by atoms with E-state index in [-0.39, 0.29) is 5.56 Å². The monoisotopic (exact) mass is 226 g/mol. The third-order valence-corrected chi connectivity index (χ3v) is 1.78. The van der Waals surface area contributed by atoms with Crippen LogP contribution < -0.4 is 5.73 Å². The Bertz CT molecular complexity index is 372. The molecule has 0 radical (unpaired) electrons. The van der Waals surface area contributed by atoms with Crippen molar-refractivity contribution < 1.29 is 22.0 Å². The standard InChI is InChI=1S/C8H7F5N2/c1-3-2-4(6(9)10)7(14)15-5(3)8(11,12)13/h2,6H,1H3,(H2,14,15). The van der Waals surface area contributed by atoms with E-state index in [2.05, 4.69) is 4.98 Å². The van der Waals surface area contributed by atoms with Crippen molar-refractivity contribution >= 4 is 5.82 Å². The first-order valence-corrected chi connectivity index (χ1v) is 3.86. The van der Waals surface area contributed by atoms with E-state index in [1.807, 2.05) is 0 Å². The van der Waals surface area contributed by atoms with Crippen molar-refractivity contribution in [2.75, 3.05) is 5.73 Å². The number of hydrogen-bond donors (Lipinski definition) is 1. The zero-order valence-corrected chi connectivity index (χ0v) is 7.57. The summed E-state index contributed by atoms with van der Waals surface area (Å²) in [5, 5.41) is 0. The molecule has 0 aliphatic heterocycles. The Hall–Kier alpha value is -1.40. The largest absolute Gasteiger partial charge is 0.433 e. The molecule has 2 N–H and O–H groups in total. The van der Waals surface area contributed by atoms with Crippen molar-refractivity contribution in [2.24, 2.45) is 0 Å². The van der Waals surface area contributed by atoms with Gasteiger partial charge in [0.2, 0.25) is 0 Å². The molecule has 2 nitrogen and oxygen atoms in total. The molecule has 0 fully saturated rings. The highest BCUT2D eigenvalue weighted by Gasteiger charge is 2.35. The molecule has 0 aliphatic carbocycles. The number of nitrogens with two attached hydrogens (primary N) is 1. The van der Waals surface area contributed by atoms with E-state index in [1.165, 1.54) is 0 Å². The molecular weight excluding hydrogens is 219 g/mol. The summed E-state index contributed by atoms with van der Waals surface area (Å²) < 4.78 is 61.2. The van der Waals surface area contributed by atoms with Crippen LogP contribution in [0.25, 0.3) is 0 Å². The minimum atomic E-state index is -4.68. The summed E-state index contributed by atoms with van der Waals surface area (Å²) in [4.78, 5) is 2.94. The van der Waals surface area contributed by atoms with Gasteiger partial charge in [0.1, 0.15) is 11.5 Å². The Morgan fingerprint density at radius 1 is 1.33 bits per heavy atom. The van der Waals surface area contributed by atoms with Gasteiger partial charge in [-0.15, -0.1) is 0 Å². The Kier molecular flexibility index (Phi) is 2.83. The molecule has 0 amide bonds. The van der Waals surface area contributed by atoms with E-state index >= 15 is 0 Å². The number of nitrogen functional groups attached to an aromatic ring is 1. The molecule has 0 spiro atoms. The minimum absolute atomic E-state index is 0.369. The molecule has 0 unspecified atom stereocenters. The van der Waals surface area contributed by atoms with Crippen molar-refractivity contribution in [1.29, 1.82) is 0 Å². The summed E-state index contributed by atoms with van der Waals surface area (Å²) in [6.07, 6.45) is -7.61. The van der Waals surface area contributed by atoms with Crippen LogP contribution in [0.1, 0.15) is 23.2 Å². The summed E-state index contributed by atoms with van der Waals surface area (Å²) in [6.45, 7) is 1.06. The smallest absolute Gasteiger partial charge is 0.383 e. The topological polar surface area (TPSA) is 38.9 Å². The zero-order chi connectivity index (χ0) is 11.8. The Balaban J connectivity index is 3.32. The molecule has 1 aromatic rings. The predicted molar refractivity (Wildman–Crippen MR) is 43.3 cm³/mol. The van der Waals surface area contributed by atoms with E-state index in [0.717, 1.165) is 6.92 Å². The van der Waals surface area contributed by atoms with Crippen molar-refractivity contribution in [3.8, 4) is 0 Å². The first kappa shape index (κ1) is 11.7. The molecule has 0 saturated carbocycles. The van der Waals surface area contributed by atoms with Crippen LogP contribution in [0, 0.1) is 6.92 Å². The summed E-state index contributed by atoms with van der Waals surface area (Å²) in [6, 6.07) is 0.704. The molecule has 0 aliphatic rings. The fourth-order valence-corrected chi connectivity index (χ4v) is 1.11. The van der Waals surface area contributed by atoms with Crippen LogP contribution in [0.15, 0.2) is 6.07 Å². The van der Waals surface area contributed by atoms with Crippen LogP contribution in [0.2, 0.25) is 0 Å². The molecule has 0 bridgehead atoms. The molecule has 1 heterocycles. The number of hydrogen-bond acceptors (Lipinski definition) is 2. The van der Waals surface area contributed by atoms with Crippen LogP contribution in [0.5, 0.6) is 0 Å². The second-order valence-corrected chi connectivity index (χ2v) is 2.93. The number of aryl methyl sites for hydroxylation is 1. The maximum absolute atomic E-state index is 12.3. The fraction of sp³-hybridized carbons (Fsp3) is 0.375. The van der Waals surface area contributed by atoms with Gasteiger partial charge in [0.15, 0.2) is 0 Å². The van der Waals surface area contributed by atoms with E-state index in [4.69, 9.17) is 5.73 Å². The lowest BCUT2D eigenvalue weighted by Crippen LogP contribution is -2.13. The molecule has 0 saturated heterocycles. The normalized spacial score (nSPS) is 12.2. The highest BCUT2D eigenvalue weighted by molar-refractivity contribution is 5.44. The minimum Gasteiger partial charge on any atom is -0.383 e. The number of anilines is 1. The van der Waals surface area contributed by atoms with Gasteiger partial charge in [-0.25, -0.2) is 13.8 Å². The summed E-state index contributed by atoms with van der Waals surface area (Å²) in [5.74, 6) is -0.789. The highest BCUT2D eigenvalue weighted by atomic mass is 19.4. The first-order valence-electron chi connectivity index (χ1n) is 3.86. The van der Waals surface area contributed by atoms with Crippen LogP contribution >= 0.6 is 0 Å². The number of rotatable bonds is 1. The van der Waals surface area contributed by atoms with Crippen LogP contribution in [-0.4, -0.2) is 4.98 Å². The van der Waals surface area contributed by atoms with Crippen LogP contribution in [0.3, 0.4) is 0 Å². The quantitative estimate of drug-likeness (QED) is 0.747. The average molecular weight is 226 g/mol. The molecule has 1 aromatic heterocycles.